The van der Waals surface area contributed by atoms with E-state index in [1.807, 2.05) is 20.8 Å². The molecule has 3 nitrogen and oxygen atoms in total. The molecular weight excluding hydrogens is 265 g/mol. The maximum absolute atomic E-state index is 12.5. The highest BCUT2D eigenvalue weighted by Crippen LogP contribution is 2.37. The minimum absolute atomic E-state index is 0.318. The lowest BCUT2D eigenvalue weighted by molar-refractivity contribution is -0.137. The van der Waals surface area contributed by atoms with Gasteiger partial charge in [-0.1, -0.05) is 6.92 Å². The molecule has 0 amide bonds. The molecule has 0 aliphatic heterocycles. The van der Waals surface area contributed by atoms with Crippen LogP contribution in [0.1, 0.15) is 36.7 Å². The Morgan fingerprint density at radius 1 is 1.44 bits per heavy atom. The smallest absolute Gasteiger partial charge is 0.377 e. The van der Waals surface area contributed by atoms with E-state index in [0.29, 0.717) is 22.8 Å². The number of aromatic nitrogens is 1. The van der Waals surface area contributed by atoms with Crippen LogP contribution in [0.4, 0.5) is 13.2 Å². The van der Waals surface area contributed by atoms with Crippen molar-refractivity contribution in [1.29, 1.82) is 0 Å². The molecule has 1 rings (SSSR count). The summed E-state index contributed by atoms with van der Waals surface area (Å²) < 4.78 is 42.9. The molecule has 1 atom stereocenters. The Labute approximate surface area is 108 Å². The van der Waals surface area contributed by atoms with Crippen LogP contribution in [0.3, 0.4) is 0 Å². The average Bonchev–Trinajstić information content (AvgIpc) is 2.74. The molecule has 0 aliphatic carbocycles. The maximum Gasteiger partial charge on any atom is 0.443 e. The molecule has 18 heavy (non-hydrogen) atoms. The van der Waals surface area contributed by atoms with Crippen molar-refractivity contribution in [3.8, 4) is 0 Å². The standard InChI is InChI=1S/C11H17F3N2OS/c1-5-15-8(10(2,3)17-4)7-6-16-9(18-7)11(12,13)14/h6,8,15H,5H2,1-4H3. The number of methoxy groups -OCH3 is 1. The molecule has 1 N–H and O–H groups in total. The van der Waals surface area contributed by atoms with Crippen molar-refractivity contribution >= 4 is 11.3 Å². The number of ether oxygens (including phenoxy) is 1. The van der Waals surface area contributed by atoms with E-state index in [-0.39, 0.29) is 6.04 Å². The lowest BCUT2D eigenvalue weighted by Crippen LogP contribution is -2.40. The van der Waals surface area contributed by atoms with Crippen molar-refractivity contribution in [1.82, 2.24) is 10.3 Å². The van der Waals surface area contributed by atoms with E-state index in [1.165, 1.54) is 13.3 Å². The maximum atomic E-state index is 12.5. The normalized spacial score (nSPS) is 14.8. The quantitative estimate of drug-likeness (QED) is 0.900. The second-order valence-corrected chi connectivity index (χ2v) is 5.43. The fourth-order valence-corrected chi connectivity index (χ4v) is 2.60. The van der Waals surface area contributed by atoms with Gasteiger partial charge in [-0.2, -0.15) is 13.2 Å². The minimum Gasteiger partial charge on any atom is -0.377 e. The predicted octanol–water partition coefficient (Wildman–Crippen LogP) is 3.24. The van der Waals surface area contributed by atoms with Gasteiger partial charge < -0.3 is 10.1 Å². The van der Waals surface area contributed by atoms with Crippen molar-refractivity contribution in [3.05, 3.63) is 16.1 Å². The van der Waals surface area contributed by atoms with Crippen LogP contribution in [-0.2, 0) is 10.9 Å². The number of hydrogen-bond acceptors (Lipinski definition) is 4. The fourth-order valence-electron chi connectivity index (χ4n) is 1.56. The average molecular weight is 282 g/mol. The van der Waals surface area contributed by atoms with E-state index < -0.39 is 16.8 Å². The summed E-state index contributed by atoms with van der Waals surface area (Å²) in [6, 6.07) is -0.318. The second-order valence-electron chi connectivity index (χ2n) is 4.36. The highest BCUT2D eigenvalue weighted by Gasteiger charge is 2.37. The van der Waals surface area contributed by atoms with Gasteiger partial charge in [0.2, 0.25) is 0 Å². The van der Waals surface area contributed by atoms with Crippen LogP contribution in [0.15, 0.2) is 6.20 Å². The molecule has 0 bridgehead atoms. The topological polar surface area (TPSA) is 34.2 Å². The summed E-state index contributed by atoms with van der Waals surface area (Å²) in [6.07, 6.45) is -3.13. The SMILES string of the molecule is CCNC(c1cnc(C(F)(F)F)s1)C(C)(C)OC. The van der Waals surface area contributed by atoms with Gasteiger partial charge in [0.05, 0.1) is 11.6 Å². The first kappa shape index (κ1) is 15.4. The largest absolute Gasteiger partial charge is 0.443 e. The first-order valence-electron chi connectivity index (χ1n) is 5.53. The van der Waals surface area contributed by atoms with Gasteiger partial charge in [0.1, 0.15) is 0 Å². The summed E-state index contributed by atoms with van der Waals surface area (Å²) in [5.41, 5.74) is -0.606. The zero-order valence-corrected chi connectivity index (χ0v) is 11.6. The Morgan fingerprint density at radius 3 is 2.44 bits per heavy atom. The van der Waals surface area contributed by atoms with Gasteiger partial charge in [-0.25, -0.2) is 4.98 Å². The highest BCUT2D eigenvalue weighted by molar-refractivity contribution is 7.11. The molecule has 0 saturated carbocycles. The zero-order chi connectivity index (χ0) is 14.0. The molecule has 0 saturated heterocycles. The lowest BCUT2D eigenvalue weighted by Gasteiger charge is -2.32. The summed E-state index contributed by atoms with van der Waals surface area (Å²) in [5, 5.41) is 2.31. The molecule has 1 unspecified atom stereocenters. The van der Waals surface area contributed by atoms with Gasteiger partial charge in [-0.15, -0.1) is 11.3 Å². The third-order valence-electron chi connectivity index (χ3n) is 2.68. The lowest BCUT2D eigenvalue weighted by atomic mass is 9.97. The number of nitrogens with one attached hydrogen (secondary N) is 1. The minimum atomic E-state index is -4.39. The van der Waals surface area contributed by atoms with E-state index in [0.717, 1.165) is 0 Å². The number of alkyl halides is 3. The summed E-state index contributed by atoms with van der Waals surface area (Å²) >= 11 is 0.652. The van der Waals surface area contributed by atoms with Crippen molar-refractivity contribution in [2.24, 2.45) is 0 Å². The van der Waals surface area contributed by atoms with E-state index in [4.69, 9.17) is 4.74 Å². The number of thiazole rings is 1. The monoisotopic (exact) mass is 282 g/mol. The highest BCUT2D eigenvalue weighted by atomic mass is 32.1. The Balaban J connectivity index is 3.04. The Morgan fingerprint density at radius 2 is 2.06 bits per heavy atom. The van der Waals surface area contributed by atoms with Crippen LogP contribution in [-0.4, -0.2) is 24.2 Å². The summed E-state index contributed by atoms with van der Waals surface area (Å²) in [5.74, 6) is 0. The van der Waals surface area contributed by atoms with Gasteiger partial charge in [-0.3, -0.25) is 0 Å². The van der Waals surface area contributed by atoms with Crippen LogP contribution >= 0.6 is 11.3 Å². The van der Waals surface area contributed by atoms with E-state index in [2.05, 4.69) is 10.3 Å². The van der Waals surface area contributed by atoms with Gasteiger partial charge in [-0.05, 0) is 20.4 Å². The van der Waals surface area contributed by atoms with Gasteiger partial charge in [0.15, 0.2) is 5.01 Å². The van der Waals surface area contributed by atoms with E-state index in [1.54, 1.807) is 0 Å². The predicted molar refractivity (Wildman–Crippen MR) is 64.6 cm³/mol. The number of halogens is 3. The van der Waals surface area contributed by atoms with Crippen molar-refractivity contribution < 1.29 is 17.9 Å². The molecule has 104 valence electrons. The molecular formula is C11H17F3N2OS. The van der Waals surface area contributed by atoms with Gasteiger partial charge in [0, 0.05) is 18.2 Å². The first-order valence-corrected chi connectivity index (χ1v) is 6.35. The number of nitrogens with zero attached hydrogens (tertiary/aromatic N) is 1. The summed E-state index contributed by atoms with van der Waals surface area (Å²) in [6.45, 7) is 6.18. The van der Waals surface area contributed by atoms with Crippen LogP contribution in [0.2, 0.25) is 0 Å². The van der Waals surface area contributed by atoms with Gasteiger partial charge in [0.25, 0.3) is 0 Å². The fraction of sp³-hybridized carbons (Fsp3) is 0.727. The molecule has 0 aromatic carbocycles. The van der Waals surface area contributed by atoms with Gasteiger partial charge >= 0.3 is 6.18 Å². The molecule has 0 radical (unpaired) electrons. The van der Waals surface area contributed by atoms with Crippen LogP contribution in [0.5, 0.6) is 0 Å². The van der Waals surface area contributed by atoms with Crippen LogP contribution in [0.25, 0.3) is 0 Å². The molecule has 1 aromatic heterocycles. The summed E-state index contributed by atoms with van der Waals surface area (Å²) in [7, 11) is 1.54. The summed E-state index contributed by atoms with van der Waals surface area (Å²) in [4.78, 5) is 3.96. The third-order valence-corrected chi connectivity index (χ3v) is 3.79. The van der Waals surface area contributed by atoms with Crippen LogP contribution in [0, 0.1) is 0 Å². The molecule has 1 aromatic rings. The zero-order valence-electron chi connectivity index (χ0n) is 10.8. The van der Waals surface area contributed by atoms with Crippen molar-refractivity contribution in [2.45, 2.75) is 38.6 Å². The third kappa shape index (κ3) is 3.43. The first-order chi connectivity index (χ1) is 8.22. The number of rotatable bonds is 5. The van der Waals surface area contributed by atoms with Crippen molar-refractivity contribution in [2.75, 3.05) is 13.7 Å². The second kappa shape index (κ2) is 5.54. The van der Waals surface area contributed by atoms with Crippen molar-refractivity contribution in [3.63, 3.8) is 0 Å². The number of hydrogen-bond donors (Lipinski definition) is 1. The number of likely N-dealkylation sites (N-methyl/N-ethyl adjacent to an activating group) is 1. The molecule has 1 heterocycles. The Kier molecular flexibility index (Phi) is 4.74. The van der Waals surface area contributed by atoms with Crippen LogP contribution < -0.4 is 5.32 Å². The molecule has 0 aliphatic rings. The Hall–Kier alpha value is -0.660. The molecule has 7 heteroatoms. The van der Waals surface area contributed by atoms with E-state index in [9.17, 15) is 13.2 Å². The van der Waals surface area contributed by atoms with E-state index >= 15 is 0 Å². The Bertz CT molecular complexity index is 390. The molecule has 0 spiro atoms. The molecule has 0 fully saturated rings.